The van der Waals surface area contributed by atoms with Gasteiger partial charge in [0.15, 0.2) is 6.04 Å². The number of hydrogen-bond donors (Lipinski definition) is 2. The summed E-state index contributed by atoms with van der Waals surface area (Å²) in [5.41, 5.74) is 5.45. The van der Waals surface area contributed by atoms with Crippen LogP contribution in [-0.4, -0.2) is 50.5 Å². The molecule has 3 N–H and O–H groups in total. The van der Waals surface area contributed by atoms with E-state index in [9.17, 15) is 13.2 Å². The van der Waals surface area contributed by atoms with Gasteiger partial charge in [-0.05, 0) is 85.7 Å². The minimum Gasteiger partial charge on any atom is -0.490 e. The molecule has 2 fully saturated rings. The van der Waals surface area contributed by atoms with Gasteiger partial charge in [0.1, 0.15) is 5.75 Å². The number of likely N-dealkylation sites (tertiary alicyclic amines) is 1. The first-order valence-electron chi connectivity index (χ1n) is 13.4. The Labute approximate surface area is 241 Å². The normalized spacial score (nSPS) is 18.2. The topological polar surface area (TPSA) is 102 Å². The zero-order valence-corrected chi connectivity index (χ0v) is 24.3. The van der Waals surface area contributed by atoms with Gasteiger partial charge in [0, 0.05) is 29.2 Å². The molecule has 0 radical (unpaired) electrons. The molecule has 0 aromatic heterocycles. The van der Waals surface area contributed by atoms with E-state index in [1.54, 1.807) is 18.2 Å². The quantitative estimate of drug-likeness (QED) is 0.349. The van der Waals surface area contributed by atoms with Crippen LogP contribution in [0.15, 0.2) is 70.0 Å². The van der Waals surface area contributed by atoms with Crippen molar-refractivity contribution in [2.24, 2.45) is 5.73 Å². The van der Waals surface area contributed by atoms with Crippen molar-refractivity contribution < 1.29 is 26.7 Å². The molecule has 0 spiro atoms. The monoisotopic (exact) mass is 635 g/mol. The van der Waals surface area contributed by atoms with E-state index in [1.807, 2.05) is 6.07 Å². The number of ether oxygens (including phenoxy) is 1. The summed E-state index contributed by atoms with van der Waals surface area (Å²) >= 11 is 3.22. The van der Waals surface area contributed by atoms with E-state index >= 15 is 8.78 Å². The Bertz CT molecular complexity index is 1470. The van der Waals surface area contributed by atoms with Crippen LogP contribution in [0.25, 0.3) is 10.8 Å². The molecule has 1 heterocycles. The third kappa shape index (κ3) is 6.32. The molecule has 40 heavy (non-hydrogen) atoms. The summed E-state index contributed by atoms with van der Waals surface area (Å²) < 4.78 is 67.5. The number of benzene rings is 3. The third-order valence-electron chi connectivity index (χ3n) is 7.66. The number of carbonyl (C=O) groups excluding carboxylic acids is 1. The summed E-state index contributed by atoms with van der Waals surface area (Å²) in [4.78, 5) is 14.5. The van der Waals surface area contributed by atoms with E-state index in [1.165, 1.54) is 41.3 Å². The first-order chi connectivity index (χ1) is 19.0. The van der Waals surface area contributed by atoms with Gasteiger partial charge in [0.25, 0.3) is 5.92 Å². The molecule has 3 aromatic rings. The van der Waals surface area contributed by atoms with E-state index in [4.69, 9.17) is 10.5 Å². The Balaban J connectivity index is 1.43. The van der Waals surface area contributed by atoms with E-state index in [2.05, 4.69) is 20.7 Å². The Morgan fingerprint density at radius 2 is 1.60 bits per heavy atom. The van der Waals surface area contributed by atoms with Crippen molar-refractivity contribution in [2.75, 3.05) is 13.1 Å². The maximum Gasteiger partial charge on any atom is 0.298 e. The van der Waals surface area contributed by atoms with Crippen molar-refractivity contribution in [1.29, 1.82) is 0 Å². The second-order valence-corrected chi connectivity index (χ2v) is 13.2. The summed E-state index contributed by atoms with van der Waals surface area (Å²) in [5.74, 6) is -4.11. The minimum absolute atomic E-state index is 0.132. The number of rotatable bonds is 8. The number of amides is 1. The van der Waals surface area contributed by atoms with Crippen LogP contribution in [0.5, 0.6) is 5.75 Å². The summed E-state index contributed by atoms with van der Waals surface area (Å²) in [6.07, 6.45) is 5.38. The number of hydrogen-bond acceptors (Lipinski definition) is 5. The van der Waals surface area contributed by atoms with Crippen LogP contribution in [0.2, 0.25) is 0 Å². The Morgan fingerprint density at radius 1 is 0.975 bits per heavy atom. The molecule has 214 valence electrons. The fourth-order valence-corrected chi connectivity index (χ4v) is 6.77. The highest BCUT2D eigenvalue weighted by atomic mass is 79.9. The van der Waals surface area contributed by atoms with Crippen LogP contribution in [0.4, 0.5) is 8.78 Å². The molecule has 1 saturated heterocycles. The van der Waals surface area contributed by atoms with Gasteiger partial charge in [0.05, 0.1) is 11.0 Å². The van der Waals surface area contributed by atoms with Crippen molar-refractivity contribution in [3.05, 3.63) is 70.7 Å². The second-order valence-electron chi connectivity index (χ2n) is 10.5. The lowest BCUT2D eigenvalue weighted by atomic mass is 9.99. The number of alkyl halides is 2. The van der Waals surface area contributed by atoms with Gasteiger partial charge in [-0.2, -0.15) is 13.5 Å². The van der Waals surface area contributed by atoms with Crippen LogP contribution >= 0.6 is 15.9 Å². The Morgan fingerprint density at radius 3 is 2.27 bits per heavy atom. The predicted octanol–water partition coefficient (Wildman–Crippen LogP) is 5.31. The van der Waals surface area contributed by atoms with Crippen molar-refractivity contribution in [3.63, 3.8) is 0 Å². The first kappa shape index (κ1) is 28.9. The zero-order chi connectivity index (χ0) is 28.5. The van der Waals surface area contributed by atoms with Gasteiger partial charge in [-0.15, -0.1) is 0 Å². The largest absolute Gasteiger partial charge is 0.490 e. The van der Waals surface area contributed by atoms with Gasteiger partial charge in [-0.25, -0.2) is 8.42 Å². The standard InChI is InChI=1S/C29H32BrF2N3O4S/c30-22-9-7-21(8-10-22)29(31,32)27(28(36)35-15-13-23(33)14-16-35)34-40(37,38)26-12-6-19-17-25(11-5-20(19)18-26)39-24-3-1-2-4-24/h5-12,17-18,23-24,27,34H,1-4,13-16,33H2. The van der Waals surface area contributed by atoms with Gasteiger partial charge in [-0.1, -0.05) is 40.2 Å². The van der Waals surface area contributed by atoms with Gasteiger partial charge >= 0.3 is 0 Å². The summed E-state index contributed by atoms with van der Waals surface area (Å²) in [5, 5.41) is 1.36. The highest BCUT2D eigenvalue weighted by molar-refractivity contribution is 9.10. The van der Waals surface area contributed by atoms with E-state index < -0.39 is 33.5 Å². The van der Waals surface area contributed by atoms with Crippen molar-refractivity contribution in [1.82, 2.24) is 9.62 Å². The Hall–Kier alpha value is -2.60. The molecular formula is C29H32BrF2N3O4S. The highest BCUT2D eigenvalue weighted by Gasteiger charge is 2.50. The van der Waals surface area contributed by atoms with Crippen LogP contribution in [0.1, 0.15) is 44.1 Å². The molecule has 1 unspecified atom stereocenters. The number of halogens is 3. The molecule has 0 bridgehead atoms. The van der Waals surface area contributed by atoms with Gasteiger partial charge in [0.2, 0.25) is 15.9 Å². The predicted molar refractivity (Wildman–Crippen MR) is 153 cm³/mol. The lowest BCUT2D eigenvalue weighted by Gasteiger charge is -2.35. The highest BCUT2D eigenvalue weighted by Crippen LogP contribution is 2.35. The summed E-state index contributed by atoms with van der Waals surface area (Å²) in [7, 11) is -4.52. The smallest absolute Gasteiger partial charge is 0.298 e. The number of sulfonamides is 1. The lowest BCUT2D eigenvalue weighted by molar-refractivity contribution is -0.145. The fraction of sp³-hybridized carbons (Fsp3) is 0.414. The molecule has 5 rings (SSSR count). The van der Waals surface area contributed by atoms with Crippen molar-refractivity contribution in [3.8, 4) is 5.75 Å². The average Bonchev–Trinajstić information content (AvgIpc) is 3.45. The van der Waals surface area contributed by atoms with Crippen molar-refractivity contribution in [2.45, 2.75) is 67.5 Å². The average molecular weight is 637 g/mol. The van der Waals surface area contributed by atoms with E-state index in [0.717, 1.165) is 31.1 Å². The Kier molecular flexibility index (Phi) is 8.47. The van der Waals surface area contributed by atoms with Gasteiger partial charge < -0.3 is 15.4 Å². The number of nitrogens with one attached hydrogen (secondary N) is 1. The van der Waals surface area contributed by atoms with Gasteiger partial charge in [-0.3, -0.25) is 4.79 Å². The number of nitrogens with zero attached hydrogens (tertiary/aromatic N) is 1. The number of fused-ring (bicyclic) bond motifs is 1. The molecule has 1 saturated carbocycles. The van der Waals surface area contributed by atoms with Crippen LogP contribution in [0.3, 0.4) is 0 Å². The fourth-order valence-electron chi connectivity index (χ4n) is 5.28. The summed E-state index contributed by atoms with van der Waals surface area (Å²) in [6.45, 7) is 0.353. The van der Waals surface area contributed by atoms with Crippen molar-refractivity contribution >= 4 is 42.6 Å². The third-order valence-corrected chi connectivity index (χ3v) is 9.61. The number of piperidine rings is 1. The van der Waals surface area contributed by atoms with Crippen LogP contribution < -0.4 is 15.2 Å². The van der Waals surface area contributed by atoms with E-state index in [0.29, 0.717) is 28.5 Å². The van der Waals surface area contributed by atoms with Crippen LogP contribution in [-0.2, 0) is 20.7 Å². The molecule has 1 aliphatic heterocycles. The number of nitrogens with two attached hydrogens (primary N) is 1. The zero-order valence-electron chi connectivity index (χ0n) is 21.9. The molecule has 2 aliphatic rings. The molecular weight excluding hydrogens is 604 g/mol. The second kappa shape index (κ2) is 11.7. The lowest BCUT2D eigenvalue weighted by Crippen LogP contribution is -2.57. The maximum atomic E-state index is 15.9. The van der Waals surface area contributed by atoms with E-state index in [-0.39, 0.29) is 30.1 Å². The first-order valence-corrected chi connectivity index (χ1v) is 15.7. The maximum absolute atomic E-state index is 15.9. The minimum atomic E-state index is -4.52. The summed E-state index contributed by atoms with van der Waals surface area (Å²) in [6, 6.07) is 12.5. The molecule has 1 amide bonds. The van der Waals surface area contributed by atoms with Crippen LogP contribution in [0, 0.1) is 0 Å². The SMILES string of the molecule is NC1CCN(C(=O)C(NS(=O)(=O)c2ccc3cc(OC4CCCC4)ccc3c2)C(F)(F)c2ccc(Br)cc2)CC1. The number of carbonyl (C=O) groups is 1. The molecule has 3 aromatic carbocycles. The molecule has 7 nitrogen and oxygen atoms in total. The molecule has 1 aliphatic carbocycles. The molecule has 11 heteroatoms. The molecule has 1 atom stereocenters.